The Bertz CT molecular complexity index is 477. The normalized spacial score (nSPS) is 10.7. The Morgan fingerprint density at radius 3 is 2.62 bits per heavy atom. The number of aromatic nitrogens is 2. The van der Waals surface area contributed by atoms with E-state index in [-0.39, 0.29) is 0 Å². The summed E-state index contributed by atoms with van der Waals surface area (Å²) < 4.78 is 2.97. The van der Waals surface area contributed by atoms with Crippen molar-refractivity contribution in [2.75, 3.05) is 7.05 Å². The number of nitrogens with zero attached hydrogens (tertiary/aromatic N) is 2. The van der Waals surface area contributed by atoms with Crippen molar-refractivity contribution in [3.8, 4) is 11.3 Å². The van der Waals surface area contributed by atoms with Crippen molar-refractivity contribution in [3.05, 3.63) is 40.5 Å². The molecule has 0 atom stereocenters. The van der Waals surface area contributed by atoms with E-state index in [2.05, 4.69) is 38.5 Å². The summed E-state index contributed by atoms with van der Waals surface area (Å²) in [6.07, 6.45) is 0. The number of rotatable bonds is 3. The van der Waals surface area contributed by atoms with Gasteiger partial charge in [0.2, 0.25) is 0 Å². The minimum absolute atomic E-state index is 0.765. The van der Waals surface area contributed by atoms with Gasteiger partial charge in [0.1, 0.15) is 0 Å². The van der Waals surface area contributed by atoms with Gasteiger partial charge in [-0.1, -0.05) is 30.3 Å². The van der Waals surface area contributed by atoms with Crippen molar-refractivity contribution < 1.29 is 0 Å². The minimum atomic E-state index is 0.765. The molecular formula is C12H14BrN3. The summed E-state index contributed by atoms with van der Waals surface area (Å²) in [7, 11) is 3.88. The molecule has 84 valence electrons. The van der Waals surface area contributed by atoms with Gasteiger partial charge in [-0.05, 0) is 23.0 Å². The molecule has 0 radical (unpaired) electrons. The monoisotopic (exact) mass is 279 g/mol. The zero-order chi connectivity index (χ0) is 11.5. The predicted octanol–water partition coefficient (Wildman–Crippen LogP) is 2.57. The van der Waals surface area contributed by atoms with E-state index in [0.717, 1.165) is 22.4 Å². The molecule has 0 spiro atoms. The van der Waals surface area contributed by atoms with Gasteiger partial charge >= 0.3 is 0 Å². The average molecular weight is 280 g/mol. The van der Waals surface area contributed by atoms with Crippen molar-refractivity contribution >= 4 is 15.9 Å². The van der Waals surface area contributed by atoms with Crippen LogP contribution in [0, 0.1) is 0 Å². The molecule has 2 aromatic rings. The lowest BCUT2D eigenvalue weighted by Gasteiger charge is -2.02. The maximum atomic E-state index is 4.48. The number of hydrogen-bond acceptors (Lipinski definition) is 2. The molecule has 0 unspecified atom stereocenters. The summed E-state index contributed by atoms with van der Waals surface area (Å²) in [6, 6.07) is 10.3. The lowest BCUT2D eigenvalue weighted by Crippen LogP contribution is -2.06. The molecule has 16 heavy (non-hydrogen) atoms. The molecule has 1 aromatic heterocycles. The van der Waals surface area contributed by atoms with Gasteiger partial charge < -0.3 is 5.32 Å². The summed E-state index contributed by atoms with van der Waals surface area (Å²) in [6.45, 7) is 0.765. The van der Waals surface area contributed by atoms with Gasteiger partial charge in [0, 0.05) is 19.2 Å². The number of halogens is 1. The van der Waals surface area contributed by atoms with Crippen LogP contribution >= 0.6 is 15.9 Å². The van der Waals surface area contributed by atoms with Crippen LogP contribution in [0.4, 0.5) is 0 Å². The molecule has 2 rings (SSSR count). The maximum Gasteiger partial charge on any atom is 0.0910 e. The topological polar surface area (TPSA) is 29.9 Å². The molecule has 0 amide bonds. The molecule has 4 heteroatoms. The van der Waals surface area contributed by atoms with Crippen molar-refractivity contribution in [2.24, 2.45) is 7.05 Å². The van der Waals surface area contributed by atoms with Crippen LogP contribution in [0.5, 0.6) is 0 Å². The molecule has 3 nitrogen and oxygen atoms in total. The highest BCUT2D eigenvalue weighted by Gasteiger charge is 2.14. The Morgan fingerprint density at radius 2 is 2.00 bits per heavy atom. The van der Waals surface area contributed by atoms with Crippen molar-refractivity contribution in [1.29, 1.82) is 0 Å². The third-order valence-electron chi connectivity index (χ3n) is 2.45. The van der Waals surface area contributed by atoms with E-state index in [1.165, 1.54) is 5.56 Å². The SMILES string of the molecule is CNCc1nn(C)c(-c2ccccc2)c1Br. The minimum Gasteiger partial charge on any atom is -0.314 e. The first-order valence-electron chi connectivity index (χ1n) is 5.15. The van der Waals surface area contributed by atoms with Crippen LogP contribution in [-0.4, -0.2) is 16.8 Å². The average Bonchev–Trinajstić information content (AvgIpc) is 2.56. The van der Waals surface area contributed by atoms with Gasteiger partial charge in [0.15, 0.2) is 0 Å². The first-order valence-corrected chi connectivity index (χ1v) is 5.94. The van der Waals surface area contributed by atoms with E-state index in [9.17, 15) is 0 Å². The van der Waals surface area contributed by atoms with Crippen LogP contribution in [0.15, 0.2) is 34.8 Å². The largest absolute Gasteiger partial charge is 0.314 e. The molecule has 1 N–H and O–H groups in total. The molecule has 0 aliphatic heterocycles. The Balaban J connectivity index is 2.49. The predicted molar refractivity (Wildman–Crippen MR) is 69.1 cm³/mol. The van der Waals surface area contributed by atoms with Crippen LogP contribution in [0.3, 0.4) is 0 Å². The molecule has 1 aromatic carbocycles. The van der Waals surface area contributed by atoms with E-state index in [4.69, 9.17) is 0 Å². The molecular weight excluding hydrogens is 266 g/mol. The van der Waals surface area contributed by atoms with Crippen LogP contribution < -0.4 is 5.32 Å². The highest BCUT2D eigenvalue weighted by molar-refractivity contribution is 9.10. The van der Waals surface area contributed by atoms with Gasteiger partial charge in [-0.15, -0.1) is 0 Å². The molecule has 0 aliphatic rings. The second-order valence-corrected chi connectivity index (χ2v) is 4.42. The second-order valence-electron chi connectivity index (χ2n) is 3.63. The highest BCUT2D eigenvalue weighted by atomic mass is 79.9. The lowest BCUT2D eigenvalue weighted by atomic mass is 10.1. The smallest absolute Gasteiger partial charge is 0.0910 e. The van der Waals surface area contributed by atoms with Gasteiger partial charge in [0.05, 0.1) is 15.9 Å². The fourth-order valence-electron chi connectivity index (χ4n) is 1.74. The second kappa shape index (κ2) is 4.80. The molecule has 1 heterocycles. The first-order chi connectivity index (χ1) is 7.74. The van der Waals surface area contributed by atoms with Gasteiger partial charge in [-0.2, -0.15) is 5.10 Å². The highest BCUT2D eigenvalue weighted by Crippen LogP contribution is 2.30. The quantitative estimate of drug-likeness (QED) is 0.936. The number of nitrogens with one attached hydrogen (secondary N) is 1. The van der Waals surface area contributed by atoms with Crippen molar-refractivity contribution in [3.63, 3.8) is 0 Å². The zero-order valence-corrected chi connectivity index (χ0v) is 11.0. The van der Waals surface area contributed by atoms with Gasteiger partial charge in [-0.3, -0.25) is 4.68 Å². The van der Waals surface area contributed by atoms with E-state index in [0.29, 0.717) is 0 Å². The third-order valence-corrected chi connectivity index (χ3v) is 3.28. The van der Waals surface area contributed by atoms with Crippen LogP contribution in [-0.2, 0) is 13.6 Å². The molecule has 0 fully saturated rings. The lowest BCUT2D eigenvalue weighted by molar-refractivity contribution is 0.715. The molecule has 0 saturated carbocycles. The standard InChI is InChI=1S/C12H14BrN3/c1-14-8-10-11(13)12(16(2)15-10)9-6-4-3-5-7-9/h3-7,14H,8H2,1-2H3. The third kappa shape index (κ3) is 2.03. The summed E-state index contributed by atoms with van der Waals surface area (Å²) in [5, 5.41) is 7.59. The molecule has 0 bridgehead atoms. The van der Waals surface area contributed by atoms with E-state index in [1.807, 2.05) is 37.0 Å². The Hall–Kier alpha value is -1.13. The summed E-state index contributed by atoms with van der Waals surface area (Å²) in [5.74, 6) is 0. The van der Waals surface area contributed by atoms with E-state index < -0.39 is 0 Å². The summed E-state index contributed by atoms with van der Waals surface area (Å²) in [4.78, 5) is 0. The van der Waals surface area contributed by atoms with Gasteiger partial charge in [-0.25, -0.2) is 0 Å². The van der Waals surface area contributed by atoms with E-state index >= 15 is 0 Å². The Labute approximate surface area is 104 Å². The fraction of sp³-hybridized carbons (Fsp3) is 0.250. The first kappa shape index (κ1) is 11.4. The maximum absolute atomic E-state index is 4.48. The summed E-state index contributed by atoms with van der Waals surface area (Å²) >= 11 is 3.62. The zero-order valence-electron chi connectivity index (χ0n) is 9.37. The van der Waals surface area contributed by atoms with Crippen molar-refractivity contribution in [1.82, 2.24) is 15.1 Å². The van der Waals surface area contributed by atoms with E-state index in [1.54, 1.807) is 0 Å². The van der Waals surface area contributed by atoms with Gasteiger partial charge in [0.25, 0.3) is 0 Å². The Morgan fingerprint density at radius 1 is 1.31 bits per heavy atom. The number of aryl methyl sites for hydroxylation is 1. The van der Waals surface area contributed by atoms with Crippen LogP contribution in [0.2, 0.25) is 0 Å². The molecule has 0 saturated heterocycles. The van der Waals surface area contributed by atoms with Crippen molar-refractivity contribution in [2.45, 2.75) is 6.54 Å². The molecule has 0 aliphatic carbocycles. The summed E-state index contributed by atoms with van der Waals surface area (Å²) in [5.41, 5.74) is 3.32. The van der Waals surface area contributed by atoms with Crippen LogP contribution in [0.1, 0.15) is 5.69 Å². The van der Waals surface area contributed by atoms with Crippen LogP contribution in [0.25, 0.3) is 11.3 Å². The Kier molecular flexibility index (Phi) is 3.41. The number of hydrogen-bond donors (Lipinski definition) is 1. The fourth-order valence-corrected chi connectivity index (χ4v) is 2.45. The number of benzene rings is 1.